The molecule has 1 aliphatic rings. The van der Waals surface area contributed by atoms with E-state index in [2.05, 4.69) is 60.7 Å². The number of hydrogen-bond donors (Lipinski definition) is 0. The predicted octanol–water partition coefficient (Wildman–Crippen LogP) is 5.34. The standard InChI is InChI=1S/C21H12N.Ir/c1-2-6-14(7-3-1)19-13-16-10-11-18-17-9-5-4-8-15(17)12-20(22-19)21(16)18;/h1-6,8-13H;/q-1;. The second-order valence-corrected chi connectivity index (χ2v) is 5.61. The molecule has 111 valence electrons. The van der Waals surface area contributed by atoms with Crippen molar-refractivity contribution in [3.05, 3.63) is 77.9 Å². The van der Waals surface area contributed by atoms with E-state index < -0.39 is 0 Å². The van der Waals surface area contributed by atoms with Gasteiger partial charge in [-0.3, -0.25) is 4.98 Å². The quantitative estimate of drug-likeness (QED) is 0.238. The Bertz CT molecular complexity index is 1070. The second-order valence-electron chi connectivity index (χ2n) is 5.61. The zero-order chi connectivity index (χ0) is 14.5. The largest absolute Gasteiger partial charge is 0.296 e. The molecule has 0 N–H and O–H groups in total. The molecule has 1 aromatic heterocycles. The summed E-state index contributed by atoms with van der Waals surface area (Å²) in [5.41, 5.74) is 5.62. The molecule has 0 bridgehead atoms. The summed E-state index contributed by atoms with van der Waals surface area (Å²) in [4.78, 5) is 4.89. The molecule has 3 aromatic carbocycles. The molecule has 23 heavy (non-hydrogen) atoms. The Balaban J connectivity index is 0.00000135. The van der Waals surface area contributed by atoms with E-state index >= 15 is 0 Å². The topological polar surface area (TPSA) is 12.9 Å². The third-order valence-corrected chi connectivity index (χ3v) is 4.31. The van der Waals surface area contributed by atoms with E-state index in [-0.39, 0.29) is 20.1 Å². The molecule has 0 atom stereocenters. The van der Waals surface area contributed by atoms with Gasteiger partial charge in [0.25, 0.3) is 0 Å². The second kappa shape index (κ2) is 5.42. The summed E-state index contributed by atoms with van der Waals surface area (Å²) in [6.07, 6.45) is 4.40. The van der Waals surface area contributed by atoms with E-state index in [9.17, 15) is 0 Å². The average Bonchev–Trinajstić information content (AvgIpc) is 3.01. The zero-order valence-electron chi connectivity index (χ0n) is 12.2. The molecule has 4 aromatic rings. The van der Waals surface area contributed by atoms with Crippen molar-refractivity contribution in [2.75, 3.05) is 0 Å². The molecular formula is C21H12IrN-. The Morgan fingerprint density at radius 3 is 2.61 bits per heavy atom. The molecule has 1 nitrogen and oxygen atoms in total. The van der Waals surface area contributed by atoms with Crippen molar-refractivity contribution in [2.24, 2.45) is 0 Å². The first-order chi connectivity index (χ1) is 10.9. The minimum absolute atomic E-state index is 0. The van der Waals surface area contributed by atoms with Crippen LogP contribution in [0.15, 0.2) is 60.7 Å². The van der Waals surface area contributed by atoms with Crippen LogP contribution in [0.4, 0.5) is 0 Å². The molecule has 0 unspecified atom stereocenters. The third-order valence-electron chi connectivity index (χ3n) is 4.31. The van der Waals surface area contributed by atoms with E-state index in [1.54, 1.807) is 0 Å². The minimum Gasteiger partial charge on any atom is -0.296 e. The van der Waals surface area contributed by atoms with Gasteiger partial charge in [0, 0.05) is 25.5 Å². The van der Waals surface area contributed by atoms with Crippen LogP contribution in [-0.2, 0) is 20.1 Å². The van der Waals surface area contributed by atoms with Crippen LogP contribution in [0.1, 0.15) is 11.1 Å². The Labute approximate surface area is 148 Å². The van der Waals surface area contributed by atoms with Crippen molar-refractivity contribution < 1.29 is 20.1 Å². The summed E-state index contributed by atoms with van der Waals surface area (Å²) in [5, 5.41) is 3.80. The first-order valence-electron chi connectivity index (χ1n) is 7.42. The van der Waals surface area contributed by atoms with Gasteiger partial charge in [-0.05, 0) is 33.7 Å². The number of pyridine rings is 1. The van der Waals surface area contributed by atoms with Crippen LogP contribution in [0.3, 0.4) is 0 Å². The van der Waals surface area contributed by atoms with Crippen LogP contribution >= 0.6 is 0 Å². The summed E-state index contributed by atoms with van der Waals surface area (Å²) in [6, 6.07) is 24.1. The van der Waals surface area contributed by atoms with Crippen LogP contribution in [0.2, 0.25) is 0 Å². The summed E-state index contributed by atoms with van der Waals surface area (Å²) in [6.45, 7) is 0. The number of benzene rings is 3. The summed E-state index contributed by atoms with van der Waals surface area (Å²) < 4.78 is 0. The molecule has 0 saturated heterocycles. The zero-order valence-corrected chi connectivity index (χ0v) is 14.6. The van der Waals surface area contributed by atoms with Gasteiger partial charge in [0.1, 0.15) is 0 Å². The number of fused-ring (bicyclic) bond motifs is 2. The van der Waals surface area contributed by atoms with Crippen molar-refractivity contribution in [2.45, 2.75) is 0 Å². The van der Waals surface area contributed by atoms with Crippen LogP contribution in [0.5, 0.6) is 0 Å². The maximum Gasteiger partial charge on any atom is 0.0613 e. The minimum atomic E-state index is 0. The van der Waals surface area contributed by atoms with E-state index in [0.717, 1.165) is 16.8 Å². The Morgan fingerprint density at radius 2 is 1.74 bits per heavy atom. The molecule has 0 amide bonds. The Hall–Kier alpha value is -2.28. The molecule has 1 heterocycles. The fraction of sp³-hybridized carbons (Fsp3) is 0. The predicted molar refractivity (Wildman–Crippen MR) is 92.4 cm³/mol. The van der Waals surface area contributed by atoms with Crippen molar-refractivity contribution in [3.8, 4) is 11.3 Å². The van der Waals surface area contributed by atoms with Gasteiger partial charge in [0.05, 0.1) is 5.52 Å². The maximum atomic E-state index is 4.89. The van der Waals surface area contributed by atoms with E-state index in [4.69, 9.17) is 4.98 Å². The first kappa shape index (κ1) is 14.3. The van der Waals surface area contributed by atoms with Crippen molar-refractivity contribution in [1.82, 2.24) is 4.98 Å². The van der Waals surface area contributed by atoms with Gasteiger partial charge in [-0.15, -0.1) is 35.9 Å². The molecule has 2 heteroatoms. The van der Waals surface area contributed by atoms with E-state index in [1.807, 2.05) is 18.2 Å². The van der Waals surface area contributed by atoms with Crippen LogP contribution in [-0.4, -0.2) is 4.98 Å². The molecular weight excluding hydrogens is 458 g/mol. The molecule has 0 saturated carbocycles. The Kier molecular flexibility index (Phi) is 3.37. The normalized spacial score (nSPS) is 11.8. The van der Waals surface area contributed by atoms with Crippen LogP contribution < -0.4 is 0 Å². The monoisotopic (exact) mass is 471 g/mol. The van der Waals surface area contributed by atoms with Crippen molar-refractivity contribution in [3.63, 3.8) is 0 Å². The summed E-state index contributed by atoms with van der Waals surface area (Å²) in [5.74, 6) is 0. The van der Waals surface area contributed by atoms with Gasteiger partial charge in [0.15, 0.2) is 0 Å². The van der Waals surface area contributed by atoms with Crippen LogP contribution in [0.25, 0.3) is 45.1 Å². The summed E-state index contributed by atoms with van der Waals surface area (Å²) in [7, 11) is 0. The number of hydrogen-bond acceptors (Lipinski definition) is 1. The molecule has 0 spiro atoms. The number of aromatic nitrogens is 1. The number of nitrogens with zero attached hydrogens (tertiary/aromatic N) is 1. The smallest absolute Gasteiger partial charge is 0.0613 e. The molecule has 1 radical (unpaired) electrons. The van der Waals surface area contributed by atoms with E-state index in [0.29, 0.717) is 0 Å². The SMILES string of the molecule is [Ir].[c-]1ccccc1-c1cc2c3c(c4ccccc4cc3n1)C=C2. The summed E-state index contributed by atoms with van der Waals surface area (Å²) >= 11 is 0. The van der Waals surface area contributed by atoms with Crippen molar-refractivity contribution >= 4 is 33.8 Å². The third kappa shape index (κ3) is 2.15. The van der Waals surface area contributed by atoms with Gasteiger partial charge < -0.3 is 0 Å². The van der Waals surface area contributed by atoms with Gasteiger partial charge in [-0.2, -0.15) is 0 Å². The van der Waals surface area contributed by atoms with Gasteiger partial charge in [-0.25, -0.2) is 0 Å². The maximum absolute atomic E-state index is 4.89. The molecule has 0 aliphatic heterocycles. The van der Waals surface area contributed by atoms with Gasteiger partial charge >= 0.3 is 0 Å². The molecule has 1 aliphatic carbocycles. The Morgan fingerprint density at radius 1 is 0.870 bits per heavy atom. The van der Waals surface area contributed by atoms with Crippen LogP contribution in [0, 0.1) is 6.07 Å². The molecule has 0 fully saturated rings. The van der Waals surface area contributed by atoms with E-state index in [1.165, 1.54) is 27.3 Å². The molecule has 5 rings (SSSR count). The van der Waals surface area contributed by atoms with Gasteiger partial charge in [0.2, 0.25) is 0 Å². The van der Waals surface area contributed by atoms with Gasteiger partial charge in [-0.1, -0.05) is 42.5 Å². The number of rotatable bonds is 1. The average molecular weight is 471 g/mol. The van der Waals surface area contributed by atoms with Crippen molar-refractivity contribution in [1.29, 1.82) is 0 Å². The fourth-order valence-corrected chi connectivity index (χ4v) is 3.30. The first-order valence-corrected chi connectivity index (χ1v) is 7.42. The fourth-order valence-electron chi connectivity index (χ4n) is 3.30.